The van der Waals surface area contributed by atoms with Crippen LogP contribution in [0.15, 0.2) is 21.3 Å². The molecule has 1 N–H and O–H groups in total. The molecule has 0 saturated heterocycles. The van der Waals surface area contributed by atoms with Gasteiger partial charge in [0.2, 0.25) is 5.89 Å². The van der Waals surface area contributed by atoms with E-state index in [1.807, 2.05) is 6.92 Å². The first-order chi connectivity index (χ1) is 6.88. The highest BCUT2D eigenvalue weighted by Gasteiger charge is 2.03. The summed E-state index contributed by atoms with van der Waals surface area (Å²) >= 11 is 0. The lowest BCUT2D eigenvalue weighted by Gasteiger charge is -1.94. The molecule has 0 amide bonds. The number of aryl methyl sites for hydroxylation is 1. The molecule has 0 spiro atoms. The zero-order valence-electron chi connectivity index (χ0n) is 7.73. The zero-order valence-corrected chi connectivity index (χ0v) is 7.73. The van der Waals surface area contributed by atoms with Gasteiger partial charge in [0, 0.05) is 12.5 Å². The van der Waals surface area contributed by atoms with Crippen LogP contribution in [0.4, 0.5) is 6.01 Å². The van der Waals surface area contributed by atoms with Crippen LogP contribution in [-0.2, 0) is 13.0 Å². The monoisotopic (exact) mass is 194 g/mol. The highest BCUT2D eigenvalue weighted by atomic mass is 16.5. The predicted molar refractivity (Wildman–Crippen MR) is 47.5 cm³/mol. The van der Waals surface area contributed by atoms with E-state index in [0.29, 0.717) is 18.5 Å². The summed E-state index contributed by atoms with van der Waals surface area (Å²) in [6.07, 6.45) is 2.25. The third-order valence-corrected chi connectivity index (χ3v) is 1.68. The van der Waals surface area contributed by atoms with Crippen LogP contribution in [-0.4, -0.2) is 15.4 Å². The molecule has 0 bridgehead atoms. The van der Waals surface area contributed by atoms with Crippen LogP contribution in [0.1, 0.15) is 18.5 Å². The Morgan fingerprint density at radius 1 is 1.43 bits per heavy atom. The maximum atomic E-state index is 5.24. The SMILES string of the molecule is CCc1nnc(NCc2ccon2)o1. The molecule has 2 aromatic heterocycles. The van der Waals surface area contributed by atoms with E-state index in [0.717, 1.165) is 12.1 Å². The second-order valence-corrected chi connectivity index (χ2v) is 2.70. The lowest BCUT2D eigenvalue weighted by atomic mass is 10.4. The number of hydrogen-bond acceptors (Lipinski definition) is 6. The summed E-state index contributed by atoms with van der Waals surface area (Å²) in [6, 6.07) is 2.18. The topological polar surface area (TPSA) is 77.0 Å². The summed E-state index contributed by atoms with van der Waals surface area (Å²) < 4.78 is 9.91. The van der Waals surface area contributed by atoms with Gasteiger partial charge in [0.05, 0.1) is 6.54 Å². The Balaban J connectivity index is 1.92. The fourth-order valence-electron chi connectivity index (χ4n) is 0.963. The minimum Gasteiger partial charge on any atom is -0.408 e. The second kappa shape index (κ2) is 3.91. The lowest BCUT2D eigenvalue weighted by Crippen LogP contribution is -1.99. The van der Waals surface area contributed by atoms with E-state index in [4.69, 9.17) is 4.42 Å². The molecule has 0 fully saturated rings. The maximum absolute atomic E-state index is 5.24. The van der Waals surface area contributed by atoms with Crippen LogP contribution in [0.5, 0.6) is 0 Å². The molecule has 74 valence electrons. The van der Waals surface area contributed by atoms with Crippen molar-refractivity contribution in [3.63, 3.8) is 0 Å². The van der Waals surface area contributed by atoms with Crippen molar-refractivity contribution in [3.05, 3.63) is 23.9 Å². The van der Waals surface area contributed by atoms with Crippen LogP contribution in [0.3, 0.4) is 0 Å². The highest BCUT2D eigenvalue weighted by molar-refractivity contribution is 5.18. The molecule has 0 aromatic carbocycles. The summed E-state index contributed by atoms with van der Waals surface area (Å²) in [5.41, 5.74) is 0.793. The van der Waals surface area contributed by atoms with Gasteiger partial charge in [0.25, 0.3) is 0 Å². The van der Waals surface area contributed by atoms with Crippen molar-refractivity contribution in [2.24, 2.45) is 0 Å². The molecule has 14 heavy (non-hydrogen) atoms. The Kier molecular flexibility index (Phi) is 2.44. The van der Waals surface area contributed by atoms with Gasteiger partial charge < -0.3 is 14.3 Å². The third-order valence-electron chi connectivity index (χ3n) is 1.68. The first-order valence-corrected chi connectivity index (χ1v) is 4.34. The first-order valence-electron chi connectivity index (χ1n) is 4.34. The van der Waals surface area contributed by atoms with Gasteiger partial charge in [-0.05, 0) is 0 Å². The van der Waals surface area contributed by atoms with E-state index in [1.54, 1.807) is 6.07 Å². The van der Waals surface area contributed by atoms with Crippen molar-refractivity contribution in [2.75, 3.05) is 5.32 Å². The summed E-state index contributed by atoms with van der Waals surface area (Å²) in [5.74, 6) is 0.618. The minimum absolute atomic E-state index is 0.407. The van der Waals surface area contributed by atoms with E-state index in [-0.39, 0.29) is 0 Å². The van der Waals surface area contributed by atoms with E-state index in [1.165, 1.54) is 6.26 Å². The molecule has 0 saturated carbocycles. The standard InChI is InChI=1S/C8H10N4O2/c1-2-7-10-11-8(14-7)9-5-6-3-4-13-12-6/h3-4H,2,5H2,1H3,(H,9,11). The van der Waals surface area contributed by atoms with Gasteiger partial charge in [0.1, 0.15) is 12.0 Å². The van der Waals surface area contributed by atoms with Crippen molar-refractivity contribution >= 4 is 6.01 Å². The Morgan fingerprint density at radius 2 is 2.36 bits per heavy atom. The lowest BCUT2D eigenvalue weighted by molar-refractivity contribution is 0.412. The number of hydrogen-bond donors (Lipinski definition) is 1. The molecular formula is C8H10N4O2. The second-order valence-electron chi connectivity index (χ2n) is 2.70. The van der Waals surface area contributed by atoms with Crippen LogP contribution in [0.25, 0.3) is 0 Å². The number of aromatic nitrogens is 3. The van der Waals surface area contributed by atoms with Crippen LogP contribution in [0.2, 0.25) is 0 Å². The summed E-state index contributed by atoms with van der Waals surface area (Å²) in [4.78, 5) is 0. The molecule has 2 rings (SSSR count). The van der Waals surface area contributed by atoms with E-state index < -0.39 is 0 Å². The van der Waals surface area contributed by atoms with E-state index >= 15 is 0 Å². The number of anilines is 1. The first kappa shape index (κ1) is 8.74. The molecule has 0 unspecified atom stereocenters. The van der Waals surface area contributed by atoms with Gasteiger partial charge in [-0.15, -0.1) is 5.10 Å². The van der Waals surface area contributed by atoms with Crippen LogP contribution >= 0.6 is 0 Å². The molecule has 6 heteroatoms. The largest absolute Gasteiger partial charge is 0.408 e. The Morgan fingerprint density at radius 3 is 3.00 bits per heavy atom. The molecule has 2 aromatic rings. The minimum atomic E-state index is 0.407. The van der Waals surface area contributed by atoms with E-state index in [2.05, 4.69) is 25.2 Å². The molecule has 0 aliphatic rings. The van der Waals surface area contributed by atoms with Gasteiger partial charge in [0.15, 0.2) is 0 Å². The van der Waals surface area contributed by atoms with Gasteiger partial charge in [-0.2, -0.15) is 0 Å². The smallest absolute Gasteiger partial charge is 0.315 e. The molecule has 0 atom stereocenters. The van der Waals surface area contributed by atoms with Crippen molar-refractivity contribution in [1.29, 1.82) is 0 Å². The van der Waals surface area contributed by atoms with Crippen LogP contribution < -0.4 is 5.32 Å². The summed E-state index contributed by atoms with van der Waals surface area (Å²) in [7, 11) is 0. The van der Waals surface area contributed by atoms with Crippen molar-refractivity contribution in [3.8, 4) is 0 Å². The molecule has 2 heterocycles. The average molecular weight is 194 g/mol. The molecular weight excluding hydrogens is 184 g/mol. The fraction of sp³-hybridized carbons (Fsp3) is 0.375. The Bertz CT molecular complexity index is 382. The average Bonchev–Trinajstić information content (AvgIpc) is 2.86. The Labute approximate surface area is 80.3 Å². The fourth-order valence-corrected chi connectivity index (χ4v) is 0.963. The molecule has 0 aliphatic heterocycles. The number of nitrogens with one attached hydrogen (secondary N) is 1. The van der Waals surface area contributed by atoms with Crippen molar-refractivity contribution in [2.45, 2.75) is 19.9 Å². The normalized spacial score (nSPS) is 10.4. The van der Waals surface area contributed by atoms with Crippen LogP contribution in [0, 0.1) is 0 Å². The highest BCUT2D eigenvalue weighted by Crippen LogP contribution is 2.07. The quantitative estimate of drug-likeness (QED) is 0.788. The molecule has 6 nitrogen and oxygen atoms in total. The summed E-state index contributed by atoms with van der Waals surface area (Å²) in [6.45, 7) is 2.47. The van der Waals surface area contributed by atoms with E-state index in [9.17, 15) is 0 Å². The maximum Gasteiger partial charge on any atom is 0.315 e. The Hall–Kier alpha value is -1.85. The molecule has 0 aliphatic carbocycles. The van der Waals surface area contributed by atoms with Gasteiger partial charge in [-0.1, -0.05) is 17.2 Å². The van der Waals surface area contributed by atoms with Crippen molar-refractivity contribution < 1.29 is 8.94 Å². The third kappa shape index (κ3) is 1.90. The summed E-state index contributed by atoms with van der Waals surface area (Å²) in [5, 5.41) is 14.3. The number of rotatable bonds is 4. The van der Waals surface area contributed by atoms with Gasteiger partial charge in [-0.25, -0.2) is 0 Å². The molecule has 0 radical (unpaired) electrons. The van der Waals surface area contributed by atoms with Crippen molar-refractivity contribution in [1.82, 2.24) is 15.4 Å². The number of nitrogens with zero attached hydrogens (tertiary/aromatic N) is 3. The zero-order chi connectivity index (χ0) is 9.80. The van der Waals surface area contributed by atoms with Gasteiger partial charge in [-0.3, -0.25) is 0 Å². The van der Waals surface area contributed by atoms with Gasteiger partial charge >= 0.3 is 6.01 Å². The predicted octanol–water partition coefficient (Wildman–Crippen LogP) is 1.23.